The maximum atomic E-state index is 13.5. The van der Waals surface area contributed by atoms with Crippen molar-refractivity contribution in [2.45, 2.75) is 63.1 Å². The third-order valence-electron chi connectivity index (χ3n) is 3.49. The quantitative estimate of drug-likeness (QED) is 0.138. The van der Waals surface area contributed by atoms with Gasteiger partial charge < -0.3 is 14.2 Å². The normalized spacial score (nSPS) is 15.2. The molecular formula is C16H18F10O5. The standard InChI is InChI=1S/C16H18F10O5/c1-4-7-29-11(28)14(16(24,25)26,31-10(27)9(2)15(21,22)23)30-8-5-6-13(19,20)12(3,17)18/h2,4-8H2,1,3H3. The Hall–Kier alpha value is -2.06. The lowest BCUT2D eigenvalue weighted by Gasteiger charge is -2.32. The van der Waals surface area contributed by atoms with Crippen LogP contribution in [0.4, 0.5) is 43.9 Å². The molecule has 0 aliphatic carbocycles. The molecule has 0 radical (unpaired) electrons. The molecule has 0 heterocycles. The monoisotopic (exact) mass is 480 g/mol. The van der Waals surface area contributed by atoms with E-state index >= 15 is 0 Å². The lowest BCUT2D eigenvalue weighted by molar-refractivity contribution is -0.355. The zero-order chi connectivity index (χ0) is 24.9. The predicted octanol–water partition coefficient (Wildman–Crippen LogP) is 4.95. The molecule has 0 aliphatic heterocycles. The van der Waals surface area contributed by atoms with Crippen molar-refractivity contribution in [3.8, 4) is 0 Å². The molecule has 0 aromatic heterocycles. The fourth-order valence-electron chi connectivity index (χ4n) is 1.71. The Balaban J connectivity index is 5.81. The number of esters is 2. The Morgan fingerprint density at radius 2 is 1.42 bits per heavy atom. The molecule has 0 aromatic rings. The fourth-order valence-corrected chi connectivity index (χ4v) is 1.71. The molecule has 182 valence electrons. The van der Waals surface area contributed by atoms with Gasteiger partial charge in [-0.3, -0.25) is 0 Å². The summed E-state index contributed by atoms with van der Waals surface area (Å²) in [7, 11) is 0. The van der Waals surface area contributed by atoms with Crippen LogP contribution < -0.4 is 0 Å². The second-order valence-electron chi connectivity index (χ2n) is 6.16. The summed E-state index contributed by atoms with van der Waals surface area (Å²) in [5.74, 6) is -19.3. The Labute approximate surface area is 169 Å². The van der Waals surface area contributed by atoms with Crippen LogP contribution in [0.25, 0.3) is 0 Å². The minimum absolute atomic E-state index is 0.0688. The van der Waals surface area contributed by atoms with Gasteiger partial charge >= 0.3 is 41.9 Å². The summed E-state index contributed by atoms with van der Waals surface area (Å²) >= 11 is 0. The van der Waals surface area contributed by atoms with Crippen molar-refractivity contribution in [2.75, 3.05) is 13.2 Å². The molecule has 0 bridgehead atoms. The van der Waals surface area contributed by atoms with E-state index in [2.05, 4.69) is 20.8 Å². The van der Waals surface area contributed by atoms with E-state index < -0.39 is 73.6 Å². The minimum Gasteiger partial charge on any atom is -0.461 e. The van der Waals surface area contributed by atoms with Gasteiger partial charge in [-0.15, -0.1) is 0 Å². The van der Waals surface area contributed by atoms with Gasteiger partial charge in [-0.2, -0.15) is 35.1 Å². The molecule has 5 nitrogen and oxygen atoms in total. The zero-order valence-electron chi connectivity index (χ0n) is 16.1. The molecule has 1 unspecified atom stereocenters. The highest BCUT2D eigenvalue weighted by Gasteiger charge is 2.68. The van der Waals surface area contributed by atoms with Crippen LogP contribution in [-0.4, -0.2) is 55.1 Å². The average molecular weight is 480 g/mol. The van der Waals surface area contributed by atoms with E-state index in [1.807, 2.05) is 0 Å². The molecule has 0 aromatic carbocycles. The van der Waals surface area contributed by atoms with Crippen LogP contribution in [-0.2, 0) is 23.8 Å². The highest BCUT2D eigenvalue weighted by atomic mass is 19.4. The number of halogens is 10. The summed E-state index contributed by atoms with van der Waals surface area (Å²) in [6.07, 6.45) is -14.6. The predicted molar refractivity (Wildman–Crippen MR) is 82.1 cm³/mol. The maximum absolute atomic E-state index is 13.5. The highest BCUT2D eigenvalue weighted by Crippen LogP contribution is 2.40. The number of alkyl halides is 10. The molecule has 0 saturated carbocycles. The van der Waals surface area contributed by atoms with Gasteiger partial charge in [0.15, 0.2) is 0 Å². The van der Waals surface area contributed by atoms with Gasteiger partial charge in [0.05, 0.1) is 13.2 Å². The van der Waals surface area contributed by atoms with Gasteiger partial charge in [0.25, 0.3) is 0 Å². The number of hydrogen-bond acceptors (Lipinski definition) is 5. The van der Waals surface area contributed by atoms with Crippen LogP contribution in [0, 0.1) is 0 Å². The van der Waals surface area contributed by atoms with Crippen LogP contribution in [0.5, 0.6) is 0 Å². The smallest absolute Gasteiger partial charge is 0.461 e. The molecule has 0 N–H and O–H groups in total. The second kappa shape index (κ2) is 10.0. The average Bonchev–Trinajstić information content (AvgIpc) is 2.58. The summed E-state index contributed by atoms with van der Waals surface area (Å²) in [6.45, 7) is 1.13. The lowest BCUT2D eigenvalue weighted by Crippen LogP contribution is -2.58. The van der Waals surface area contributed by atoms with Gasteiger partial charge in [0, 0.05) is 13.3 Å². The highest BCUT2D eigenvalue weighted by molar-refractivity contribution is 5.92. The van der Waals surface area contributed by atoms with Crippen molar-refractivity contribution in [3.63, 3.8) is 0 Å². The first-order chi connectivity index (χ1) is 13.7. The third-order valence-corrected chi connectivity index (χ3v) is 3.49. The first kappa shape index (κ1) is 28.9. The molecule has 0 saturated heterocycles. The molecular weight excluding hydrogens is 462 g/mol. The van der Waals surface area contributed by atoms with E-state index in [1.165, 1.54) is 6.92 Å². The summed E-state index contributed by atoms with van der Waals surface area (Å²) in [4.78, 5) is 23.4. The van der Waals surface area contributed by atoms with Gasteiger partial charge in [-0.25, -0.2) is 18.4 Å². The van der Waals surface area contributed by atoms with Crippen molar-refractivity contribution < 1.29 is 67.7 Å². The van der Waals surface area contributed by atoms with E-state index in [9.17, 15) is 53.5 Å². The first-order valence-corrected chi connectivity index (χ1v) is 8.36. The van der Waals surface area contributed by atoms with Crippen molar-refractivity contribution in [1.82, 2.24) is 0 Å². The van der Waals surface area contributed by atoms with Crippen LogP contribution in [0.1, 0.15) is 33.1 Å². The van der Waals surface area contributed by atoms with Gasteiger partial charge in [-0.1, -0.05) is 13.5 Å². The Morgan fingerprint density at radius 3 is 1.81 bits per heavy atom. The molecule has 0 rings (SSSR count). The van der Waals surface area contributed by atoms with Gasteiger partial charge in [0.2, 0.25) is 0 Å². The van der Waals surface area contributed by atoms with E-state index in [1.54, 1.807) is 0 Å². The number of hydrogen-bond donors (Lipinski definition) is 0. The number of carbonyl (C=O) groups is 2. The second-order valence-corrected chi connectivity index (χ2v) is 6.16. The molecule has 0 spiro atoms. The SMILES string of the molecule is C=C(C(=O)OC(OCCCC(F)(F)C(C)(F)F)(C(=O)OCCC)C(F)(F)F)C(F)(F)F. The first-order valence-electron chi connectivity index (χ1n) is 8.36. The molecule has 31 heavy (non-hydrogen) atoms. The van der Waals surface area contributed by atoms with Crippen LogP contribution in [0.2, 0.25) is 0 Å². The number of ether oxygens (including phenoxy) is 3. The third kappa shape index (κ3) is 7.54. The Morgan fingerprint density at radius 1 is 0.903 bits per heavy atom. The van der Waals surface area contributed by atoms with Crippen molar-refractivity contribution in [2.24, 2.45) is 0 Å². The number of carbonyl (C=O) groups excluding carboxylic acids is 2. The summed E-state index contributed by atoms with van der Waals surface area (Å²) in [5.41, 5.74) is -2.44. The van der Waals surface area contributed by atoms with Gasteiger partial charge in [-0.05, 0) is 12.8 Å². The van der Waals surface area contributed by atoms with E-state index in [0.29, 0.717) is 0 Å². The van der Waals surface area contributed by atoms with E-state index in [0.717, 1.165) is 0 Å². The number of rotatable bonds is 11. The van der Waals surface area contributed by atoms with Crippen molar-refractivity contribution in [1.29, 1.82) is 0 Å². The fraction of sp³-hybridized carbons (Fsp3) is 0.750. The lowest BCUT2D eigenvalue weighted by atomic mass is 10.1. The molecule has 1 atom stereocenters. The minimum atomic E-state index is -6.05. The van der Waals surface area contributed by atoms with Crippen LogP contribution >= 0.6 is 0 Å². The van der Waals surface area contributed by atoms with Crippen molar-refractivity contribution in [3.05, 3.63) is 12.2 Å². The molecule has 0 amide bonds. The molecule has 0 fully saturated rings. The Bertz CT molecular complexity index is 651. The van der Waals surface area contributed by atoms with Crippen molar-refractivity contribution >= 4 is 11.9 Å². The topological polar surface area (TPSA) is 61.8 Å². The molecule has 15 heteroatoms. The van der Waals surface area contributed by atoms with Crippen LogP contribution in [0.15, 0.2) is 12.2 Å². The zero-order valence-corrected chi connectivity index (χ0v) is 16.1. The van der Waals surface area contributed by atoms with Crippen LogP contribution in [0.3, 0.4) is 0 Å². The Kier molecular flexibility index (Phi) is 9.37. The van der Waals surface area contributed by atoms with E-state index in [-0.39, 0.29) is 13.3 Å². The van der Waals surface area contributed by atoms with E-state index in [4.69, 9.17) is 0 Å². The summed E-state index contributed by atoms with van der Waals surface area (Å²) in [6, 6.07) is 0. The summed E-state index contributed by atoms with van der Waals surface area (Å²) in [5, 5.41) is 0. The maximum Gasteiger partial charge on any atom is 0.468 e. The van der Waals surface area contributed by atoms with Gasteiger partial charge in [0.1, 0.15) is 5.57 Å². The molecule has 0 aliphatic rings. The summed E-state index contributed by atoms with van der Waals surface area (Å²) < 4.78 is 142. The largest absolute Gasteiger partial charge is 0.468 e.